The van der Waals surface area contributed by atoms with E-state index in [1.807, 2.05) is 20.8 Å². The van der Waals surface area contributed by atoms with Crippen LogP contribution in [0, 0.1) is 20.8 Å². The third-order valence-corrected chi connectivity index (χ3v) is 5.75. The van der Waals surface area contributed by atoms with Gasteiger partial charge in [0.15, 0.2) is 0 Å². The minimum Gasteiger partial charge on any atom is -0.507 e. The summed E-state index contributed by atoms with van der Waals surface area (Å²) in [5.74, 6) is 1.41. The Kier molecular flexibility index (Phi) is 5.57. The van der Waals surface area contributed by atoms with Gasteiger partial charge in [-0.05, 0) is 82.2 Å². The normalized spacial score (nSPS) is 19.1. The highest BCUT2D eigenvalue weighted by Gasteiger charge is 2.34. The molecular weight excluding hydrogens is 322 g/mol. The van der Waals surface area contributed by atoms with E-state index >= 15 is 0 Å². The monoisotopic (exact) mass is 353 g/mol. The highest BCUT2D eigenvalue weighted by molar-refractivity contribution is 5.58. The van der Waals surface area contributed by atoms with Gasteiger partial charge >= 0.3 is 0 Å². The third-order valence-electron chi connectivity index (χ3n) is 5.75. The van der Waals surface area contributed by atoms with Gasteiger partial charge < -0.3 is 15.2 Å². The molecule has 0 saturated carbocycles. The van der Waals surface area contributed by atoms with Gasteiger partial charge in [-0.1, -0.05) is 30.3 Å². The number of aromatic hydroxyl groups is 1. The minimum atomic E-state index is -0.194. The first-order valence-corrected chi connectivity index (χ1v) is 9.66. The second-order valence-electron chi connectivity index (χ2n) is 7.85. The molecule has 1 heterocycles. The summed E-state index contributed by atoms with van der Waals surface area (Å²) >= 11 is 0. The molecule has 2 aromatic rings. The standard InChI is InChI=1S/C23H31NO2/c1-16-17(2)22-20(18(3)21(16)25)12-13-23(4,26-22)15-24-14-8-11-19-9-6-5-7-10-19/h5-7,9-10,24-25H,8,11-15H2,1-4H3. The first kappa shape index (κ1) is 18.8. The van der Waals surface area contributed by atoms with Crippen LogP contribution in [0.3, 0.4) is 0 Å². The maximum Gasteiger partial charge on any atom is 0.127 e. The number of hydrogen-bond donors (Lipinski definition) is 2. The van der Waals surface area contributed by atoms with Crippen molar-refractivity contribution in [1.29, 1.82) is 0 Å². The molecule has 0 spiro atoms. The largest absolute Gasteiger partial charge is 0.507 e. The number of benzene rings is 2. The predicted molar refractivity (Wildman–Crippen MR) is 107 cm³/mol. The van der Waals surface area contributed by atoms with Gasteiger partial charge in [0.1, 0.15) is 17.1 Å². The van der Waals surface area contributed by atoms with Crippen LogP contribution in [0.1, 0.15) is 47.6 Å². The number of hydrogen-bond acceptors (Lipinski definition) is 3. The van der Waals surface area contributed by atoms with Crippen molar-refractivity contribution in [3.63, 3.8) is 0 Å². The number of rotatable bonds is 6. The van der Waals surface area contributed by atoms with Crippen molar-refractivity contribution in [2.45, 2.75) is 59.0 Å². The Hall–Kier alpha value is -2.00. The molecular formula is C23H31NO2. The second kappa shape index (κ2) is 7.71. The Balaban J connectivity index is 1.57. The van der Waals surface area contributed by atoms with Crippen LogP contribution >= 0.6 is 0 Å². The zero-order valence-corrected chi connectivity index (χ0v) is 16.5. The van der Waals surface area contributed by atoms with E-state index < -0.39 is 0 Å². The molecule has 0 radical (unpaired) electrons. The molecule has 0 fully saturated rings. The number of aryl methyl sites for hydroxylation is 1. The summed E-state index contributed by atoms with van der Waals surface area (Å²) < 4.78 is 6.46. The first-order valence-electron chi connectivity index (χ1n) is 9.66. The molecule has 2 N–H and O–H groups in total. The van der Waals surface area contributed by atoms with E-state index in [0.29, 0.717) is 5.75 Å². The van der Waals surface area contributed by atoms with Crippen molar-refractivity contribution >= 4 is 0 Å². The second-order valence-corrected chi connectivity index (χ2v) is 7.85. The quantitative estimate of drug-likeness (QED) is 0.744. The Labute approximate surface area is 157 Å². The van der Waals surface area contributed by atoms with E-state index in [-0.39, 0.29) is 5.60 Å². The summed E-state index contributed by atoms with van der Waals surface area (Å²) in [6, 6.07) is 10.6. The van der Waals surface area contributed by atoms with Crippen LogP contribution in [-0.2, 0) is 12.8 Å². The first-order chi connectivity index (χ1) is 12.4. The van der Waals surface area contributed by atoms with Gasteiger partial charge in [-0.15, -0.1) is 0 Å². The van der Waals surface area contributed by atoms with Crippen LogP contribution in [0.4, 0.5) is 0 Å². The van der Waals surface area contributed by atoms with Crippen LogP contribution in [0.25, 0.3) is 0 Å². The highest BCUT2D eigenvalue weighted by Crippen LogP contribution is 2.43. The fourth-order valence-corrected chi connectivity index (χ4v) is 3.83. The van der Waals surface area contributed by atoms with Gasteiger partial charge in [0, 0.05) is 12.1 Å². The Morgan fingerprint density at radius 2 is 1.81 bits per heavy atom. The molecule has 1 aliphatic heterocycles. The maximum absolute atomic E-state index is 10.3. The van der Waals surface area contributed by atoms with Crippen LogP contribution in [0.5, 0.6) is 11.5 Å². The SMILES string of the molecule is Cc1c(C)c2c(c(C)c1O)CCC(C)(CNCCCc1ccccc1)O2. The number of phenolic OH excluding ortho intramolecular Hbond substituents is 1. The number of phenols is 1. The molecule has 26 heavy (non-hydrogen) atoms. The minimum absolute atomic E-state index is 0.194. The Morgan fingerprint density at radius 1 is 1.08 bits per heavy atom. The fourth-order valence-electron chi connectivity index (χ4n) is 3.83. The summed E-state index contributed by atoms with van der Waals surface area (Å²) in [6.45, 7) is 10.0. The van der Waals surface area contributed by atoms with E-state index in [4.69, 9.17) is 4.74 Å². The number of ether oxygens (including phenoxy) is 1. The smallest absolute Gasteiger partial charge is 0.127 e. The van der Waals surface area contributed by atoms with Crippen molar-refractivity contribution in [3.8, 4) is 11.5 Å². The number of nitrogens with one attached hydrogen (secondary N) is 1. The lowest BCUT2D eigenvalue weighted by molar-refractivity contribution is 0.0634. The predicted octanol–water partition coefficient (Wildman–Crippen LogP) is 4.62. The fraction of sp³-hybridized carbons (Fsp3) is 0.478. The third kappa shape index (κ3) is 3.88. The summed E-state index contributed by atoms with van der Waals surface area (Å²) in [5.41, 5.74) is 5.35. The highest BCUT2D eigenvalue weighted by atomic mass is 16.5. The van der Waals surface area contributed by atoms with Crippen LogP contribution in [0.2, 0.25) is 0 Å². The lowest BCUT2D eigenvalue weighted by atomic mass is 9.87. The van der Waals surface area contributed by atoms with Crippen molar-refractivity contribution < 1.29 is 9.84 Å². The van der Waals surface area contributed by atoms with E-state index in [2.05, 4.69) is 42.6 Å². The van der Waals surface area contributed by atoms with Gasteiger partial charge in [-0.2, -0.15) is 0 Å². The van der Waals surface area contributed by atoms with Gasteiger partial charge in [0.05, 0.1) is 0 Å². The van der Waals surface area contributed by atoms with Gasteiger partial charge in [0.25, 0.3) is 0 Å². The topological polar surface area (TPSA) is 41.5 Å². The molecule has 3 rings (SSSR count). The molecule has 0 amide bonds. The van der Waals surface area contributed by atoms with Crippen LogP contribution < -0.4 is 10.1 Å². The molecule has 1 atom stereocenters. The van der Waals surface area contributed by atoms with Crippen LogP contribution in [-0.4, -0.2) is 23.8 Å². The lowest BCUT2D eigenvalue weighted by Gasteiger charge is -2.38. The van der Waals surface area contributed by atoms with E-state index in [1.54, 1.807) is 0 Å². The Bertz CT molecular complexity index is 770. The lowest BCUT2D eigenvalue weighted by Crippen LogP contribution is -2.46. The molecule has 0 bridgehead atoms. The molecule has 1 aliphatic rings. The molecule has 3 heteroatoms. The zero-order valence-electron chi connectivity index (χ0n) is 16.5. The van der Waals surface area contributed by atoms with E-state index in [9.17, 15) is 5.11 Å². The number of fused-ring (bicyclic) bond motifs is 1. The maximum atomic E-state index is 10.3. The molecule has 140 valence electrons. The molecule has 2 aromatic carbocycles. The summed E-state index contributed by atoms with van der Waals surface area (Å²) in [5, 5.41) is 13.9. The van der Waals surface area contributed by atoms with Crippen molar-refractivity contribution in [3.05, 3.63) is 58.1 Å². The molecule has 3 nitrogen and oxygen atoms in total. The molecule has 1 unspecified atom stereocenters. The van der Waals surface area contributed by atoms with Gasteiger partial charge in [0.2, 0.25) is 0 Å². The van der Waals surface area contributed by atoms with Gasteiger partial charge in [-0.3, -0.25) is 0 Å². The average molecular weight is 354 g/mol. The molecule has 0 aliphatic carbocycles. The zero-order chi connectivity index (χ0) is 18.7. The van der Waals surface area contributed by atoms with Gasteiger partial charge in [-0.25, -0.2) is 0 Å². The van der Waals surface area contributed by atoms with Crippen molar-refractivity contribution in [2.75, 3.05) is 13.1 Å². The Morgan fingerprint density at radius 3 is 2.54 bits per heavy atom. The molecule has 0 aromatic heterocycles. The van der Waals surface area contributed by atoms with Crippen molar-refractivity contribution in [1.82, 2.24) is 5.32 Å². The van der Waals surface area contributed by atoms with Crippen LogP contribution in [0.15, 0.2) is 30.3 Å². The summed E-state index contributed by atoms with van der Waals surface area (Å²) in [6.07, 6.45) is 4.15. The van der Waals surface area contributed by atoms with Crippen molar-refractivity contribution in [2.24, 2.45) is 0 Å². The summed E-state index contributed by atoms with van der Waals surface area (Å²) in [4.78, 5) is 0. The average Bonchev–Trinajstić information content (AvgIpc) is 2.65. The van der Waals surface area contributed by atoms with E-state index in [0.717, 1.165) is 61.2 Å². The molecule has 0 saturated heterocycles. The summed E-state index contributed by atoms with van der Waals surface area (Å²) in [7, 11) is 0. The van der Waals surface area contributed by atoms with E-state index in [1.165, 1.54) is 11.1 Å².